The van der Waals surface area contributed by atoms with Crippen molar-refractivity contribution >= 4 is 0 Å². The molecule has 2 heteroatoms. The highest BCUT2D eigenvalue weighted by molar-refractivity contribution is 4.71. The summed E-state index contributed by atoms with van der Waals surface area (Å²) < 4.78 is 5.69. The highest BCUT2D eigenvalue weighted by atomic mass is 16.5. The molecule has 0 radical (unpaired) electrons. The Kier molecular flexibility index (Phi) is 13.3. The number of hydrogen-bond acceptors (Lipinski definition) is 2. The van der Waals surface area contributed by atoms with Gasteiger partial charge in [0.05, 0.1) is 12.2 Å². The van der Waals surface area contributed by atoms with E-state index in [2.05, 4.69) is 39.6 Å². The Morgan fingerprint density at radius 1 is 0.818 bits per heavy atom. The number of nitrogens with zero attached hydrogens (tertiary/aromatic N) is 1. The van der Waals surface area contributed by atoms with Crippen LogP contribution in [-0.4, -0.2) is 37.2 Å². The monoisotopic (exact) mass is 313 g/mol. The van der Waals surface area contributed by atoms with E-state index < -0.39 is 0 Å². The predicted octanol–water partition coefficient (Wildman–Crippen LogP) is 5.75. The summed E-state index contributed by atoms with van der Waals surface area (Å²) in [4.78, 5) is 2.43. The zero-order valence-corrected chi connectivity index (χ0v) is 16.5. The average Bonchev–Trinajstić information content (AvgIpc) is 2.51. The second-order valence-corrected chi connectivity index (χ2v) is 7.33. The molecule has 1 saturated carbocycles. The fraction of sp³-hybridized carbons (Fsp3) is 1.00. The first kappa shape index (κ1) is 21.9. The van der Waals surface area contributed by atoms with Crippen LogP contribution in [0.1, 0.15) is 86.5 Å². The van der Waals surface area contributed by atoms with Crippen molar-refractivity contribution in [2.24, 2.45) is 11.8 Å². The van der Waals surface area contributed by atoms with Crippen LogP contribution >= 0.6 is 0 Å². The van der Waals surface area contributed by atoms with Gasteiger partial charge in [0.1, 0.15) is 0 Å². The molecule has 1 aliphatic carbocycles. The van der Waals surface area contributed by atoms with Crippen LogP contribution < -0.4 is 0 Å². The van der Waals surface area contributed by atoms with Crippen molar-refractivity contribution in [3.05, 3.63) is 0 Å². The van der Waals surface area contributed by atoms with E-state index >= 15 is 0 Å². The van der Waals surface area contributed by atoms with Crippen LogP contribution in [-0.2, 0) is 4.74 Å². The van der Waals surface area contributed by atoms with Gasteiger partial charge in [-0.25, -0.2) is 0 Å². The molecule has 2 fully saturated rings. The van der Waals surface area contributed by atoms with Crippen LogP contribution in [0.25, 0.3) is 0 Å². The smallest absolute Gasteiger partial charge is 0.0578 e. The number of likely N-dealkylation sites (tertiary alicyclic amines) is 1. The molecule has 0 aromatic rings. The highest BCUT2D eigenvalue weighted by Gasteiger charge is 2.18. The van der Waals surface area contributed by atoms with Gasteiger partial charge in [0, 0.05) is 0 Å². The Labute approximate surface area is 141 Å². The van der Waals surface area contributed by atoms with Crippen molar-refractivity contribution in [3.63, 3.8) is 0 Å². The summed E-state index contributed by atoms with van der Waals surface area (Å²) in [6.45, 7) is 15.5. The average molecular weight is 314 g/mol. The van der Waals surface area contributed by atoms with Gasteiger partial charge in [0.2, 0.25) is 0 Å². The molecule has 1 saturated heterocycles. The number of rotatable bonds is 3. The van der Waals surface area contributed by atoms with E-state index in [0.29, 0.717) is 12.2 Å². The van der Waals surface area contributed by atoms with Crippen molar-refractivity contribution in [3.8, 4) is 0 Å². The van der Waals surface area contributed by atoms with Crippen molar-refractivity contribution < 1.29 is 4.74 Å². The molecule has 2 rings (SSSR count). The second kappa shape index (κ2) is 13.4. The van der Waals surface area contributed by atoms with Crippen LogP contribution in [0.2, 0.25) is 0 Å². The maximum absolute atomic E-state index is 5.69. The third kappa shape index (κ3) is 10.6. The molecule has 22 heavy (non-hydrogen) atoms. The third-order valence-corrected chi connectivity index (χ3v) is 4.72. The normalized spacial score (nSPS) is 21.1. The van der Waals surface area contributed by atoms with Gasteiger partial charge in [-0.05, 0) is 71.5 Å². The lowest BCUT2D eigenvalue weighted by molar-refractivity contribution is -0.0117. The van der Waals surface area contributed by atoms with Crippen molar-refractivity contribution in [1.82, 2.24) is 4.90 Å². The minimum absolute atomic E-state index is 0.420. The van der Waals surface area contributed by atoms with Crippen molar-refractivity contribution in [1.29, 1.82) is 0 Å². The molecule has 1 aliphatic heterocycles. The molecule has 0 spiro atoms. The summed E-state index contributed by atoms with van der Waals surface area (Å²) in [6, 6.07) is 0. The van der Waals surface area contributed by atoms with E-state index in [-0.39, 0.29) is 0 Å². The van der Waals surface area contributed by atoms with Gasteiger partial charge in [0.15, 0.2) is 0 Å². The number of ether oxygens (including phenoxy) is 1. The molecule has 0 N–H and O–H groups in total. The summed E-state index contributed by atoms with van der Waals surface area (Å²) in [5, 5.41) is 0. The largest absolute Gasteiger partial charge is 0.376 e. The molecule has 0 aromatic heterocycles. The summed E-state index contributed by atoms with van der Waals surface area (Å²) in [6.07, 6.45) is 10.6. The SMILES string of the molecule is CC.CC(C)C1CCN(C)CC1.CC(C)OC1CCCCC1. The minimum Gasteiger partial charge on any atom is -0.376 e. The lowest BCUT2D eigenvalue weighted by atomic mass is 9.87. The van der Waals surface area contributed by atoms with Crippen LogP contribution in [0.5, 0.6) is 0 Å². The molecule has 1 heterocycles. The Morgan fingerprint density at radius 3 is 1.73 bits per heavy atom. The minimum atomic E-state index is 0.420. The van der Waals surface area contributed by atoms with E-state index in [0.717, 1.165) is 11.8 Å². The van der Waals surface area contributed by atoms with E-state index in [1.54, 1.807) is 0 Å². The summed E-state index contributed by atoms with van der Waals surface area (Å²) in [7, 11) is 2.22. The zero-order valence-electron chi connectivity index (χ0n) is 16.5. The predicted molar refractivity (Wildman–Crippen MR) is 99.5 cm³/mol. The maximum Gasteiger partial charge on any atom is 0.0578 e. The Bertz CT molecular complexity index is 226. The lowest BCUT2D eigenvalue weighted by Crippen LogP contribution is -2.32. The lowest BCUT2D eigenvalue weighted by Gasteiger charge is -2.31. The second-order valence-electron chi connectivity index (χ2n) is 7.33. The van der Waals surface area contributed by atoms with E-state index in [9.17, 15) is 0 Å². The molecule has 0 bridgehead atoms. The molecule has 2 aliphatic rings. The van der Waals surface area contributed by atoms with Gasteiger partial charge in [-0.2, -0.15) is 0 Å². The van der Waals surface area contributed by atoms with Gasteiger partial charge in [-0.3, -0.25) is 0 Å². The Morgan fingerprint density at radius 2 is 1.32 bits per heavy atom. The van der Waals surface area contributed by atoms with Gasteiger partial charge >= 0.3 is 0 Å². The van der Waals surface area contributed by atoms with Gasteiger partial charge in [-0.15, -0.1) is 0 Å². The van der Waals surface area contributed by atoms with Crippen LogP contribution in [0.15, 0.2) is 0 Å². The van der Waals surface area contributed by atoms with Crippen molar-refractivity contribution in [2.45, 2.75) is 98.7 Å². The molecule has 0 unspecified atom stereocenters. The topological polar surface area (TPSA) is 12.5 Å². The molecule has 0 amide bonds. The fourth-order valence-corrected chi connectivity index (χ4v) is 3.28. The van der Waals surface area contributed by atoms with Gasteiger partial charge in [-0.1, -0.05) is 47.0 Å². The van der Waals surface area contributed by atoms with E-state index in [4.69, 9.17) is 4.74 Å². The van der Waals surface area contributed by atoms with E-state index in [1.807, 2.05) is 13.8 Å². The van der Waals surface area contributed by atoms with Crippen molar-refractivity contribution in [2.75, 3.05) is 20.1 Å². The van der Waals surface area contributed by atoms with Crippen LogP contribution in [0.3, 0.4) is 0 Å². The summed E-state index contributed by atoms with van der Waals surface area (Å²) >= 11 is 0. The standard InChI is InChI=1S/C9H19N.C9H18O.C2H6/c1-8(2)9-4-6-10(3)7-5-9;1-8(2)10-9-6-4-3-5-7-9;1-2/h8-9H,4-7H2,1-3H3;8-9H,3-7H2,1-2H3;1-2H3. The molecule has 2 nitrogen and oxygen atoms in total. The highest BCUT2D eigenvalue weighted by Crippen LogP contribution is 2.23. The first-order chi connectivity index (χ1) is 10.5. The first-order valence-electron chi connectivity index (χ1n) is 9.83. The fourth-order valence-electron chi connectivity index (χ4n) is 3.28. The number of hydrogen-bond donors (Lipinski definition) is 0. The zero-order chi connectivity index (χ0) is 17.0. The Hall–Kier alpha value is -0.0800. The van der Waals surface area contributed by atoms with Crippen LogP contribution in [0, 0.1) is 11.8 Å². The van der Waals surface area contributed by atoms with E-state index in [1.165, 1.54) is 58.0 Å². The quantitative estimate of drug-likeness (QED) is 0.657. The number of piperidine rings is 1. The van der Waals surface area contributed by atoms with Gasteiger partial charge in [0.25, 0.3) is 0 Å². The molecular weight excluding hydrogens is 270 g/mol. The summed E-state index contributed by atoms with van der Waals surface area (Å²) in [5.41, 5.74) is 0. The third-order valence-electron chi connectivity index (χ3n) is 4.72. The molecule has 0 atom stereocenters. The van der Waals surface area contributed by atoms with Gasteiger partial charge < -0.3 is 9.64 Å². The first-order valence-corrected chi connectivity index (χ1v) is 9.83. The maximum atomic E-state index is 5.69. The molecule has 134 valence electrons. The van der Waals surface area contributed by atoms with Crippen LogP contribution in [0.4, 0.5) is 0 Å². The molecule has 0 aromatic carbocycles. The molecular formula is C20H43NO. The summed E-state index contributed by atoms with van der Waals surface area (Å²) in [5.74, 6) is 1.89. The Balaban J connectivity index is 0.000000360.